The van der Waals surface area contributed by atoms with Gasteiger partial charge in [-0.3, -0.25) is 15.0 Å². The Morgan fingerprint density at radius 2 is 1.74 bits per heavy atom. The van der Waals surface area contributed by atoms with Crippen molar-refractivity contribution >= 4 is 21.2 Å². The van der Waals surface area contributed by atoms with Gasteiger partial charge in [-0.25, -0.2) is 8.42 Å². The molecule has 1 aliphatic heterocycles. The lowest BCUT2D eigenvalue weighted by atomic mass is 10.1. The second-order valence-corrected chi connectivity index (χ2v) is 8.44. The van der Waals surface area contributed by atoms with Crippen LogP contribution in [0.5, 0.6) is 0 Å². The fourth-order valence-corrected chi connectivity index (χ4v) is 4.12. The number of nitrogens with zero attached hydrogens (tertiary/aromatic N) is 3. The molecule has 1 heterocycles. The summed E-state index contributed by atoms with van der Waals surface area (Å²) in [6.45, 7) is 6.15. The third-order valence-corrected chi connectivity index (χ3v) is 5.13. The van der Waals surface area contributed by atoms with E-state index in [0.717, 1.165) is 38.4 Å². The zero-order chi connectivity index (χ0) is 17.0. The Labute approximate surface area is 137 Å². The molecule has 0 unspecified atom stereocenters. The lowest BCUT2D eigenvalue weighted by Crippen LogP contribution is -2.48. The normalized spacial score (nSPS) is 17.9. The van der Waals surface area contributed by atoms with Gasteiger partial charge in [0.2, 0.25) is 0 Å². The molecule has 23 heavy (non-hydrogen) atoms. The van der Waals surface area contributed by atoms with Crippen molar-refractivity contribution in [3.63, 3.8) is 0 Å². The first-order valence-corrected chi connectivity index (χ1v) is 9.70. The van der Waals surface area contributed by atoms with Crippen molar-refractivity contribution in [2.45, 2.75) is 6.92 Å². The minimum atomic E-state index is -2.93. The quantitative estimate of drug-likeness (QED) is 0.574. The minimum absolute atomic E-state index is 0.0991. The SMILES string of the molecule is C[C@@H](CN1CCN(c2ccc([N+](=O)[O-])cc2)CC1)CS(C)(=O)=O. The van der Waals surface area contributed by atoms with E-state index in [0.29, 0.717) is 0 Å². The number of non-ortho nitro benzene ring substituents is 1. The molecule has 1 atom stereocenters. The minimum Gasteiger partial charge on any atom is -0.369 e. The largest absolute Gasteiger partial charge is 0.369 e. The summed E-state index contributed by atoms with van der Waals surface area (Å²) in [7, 11) is -2.93. The summed E-state index contributed by atoms with van der Waals surface area (Å²) in [5.41, 5.74) is 1.08. The number of hydrogen-bond donors (Lipinski definition) is 0. The van der Waals surface area contributed by atoms with Crippen molar-refractivity contribution < 1.29 is 13.3 Å². The zero-order valence-corrected chi connectivity index (χ0v) is 14.3. The third-order valence-electron chi connectivity index (χ3n) is 3.96. The number of hydrogen-bond acceptors (Lipinski definition) is 6. The Bertz CT molecular complexity index is 637. The molecular weight excluding hydrogens is 318 g/mol. The van der Waals surface area contributed by atoms with Gasteiger partial charge in [-0.1, -0.05) is 6.92 Å². The van der Waals surface area contributed by atoms with Gasteiger partial charge in [0, 0.05) is 56.8 Å². The zero-order valence-electron chi connectivity index (χ0n) is 13.5. The highest BCUT2D eigenvalue weighted by molar-refractivity contribution is 7.90. The van der Waals surface area contributed by atoms with Crippen LogP contribution in [0, 0.1) is 16.0 Å². The molecule has 0 aliphatic carbocycles. The number of sulfone groups is 1. The van der Waals surface area contributed by atoms with Gasteiger partial charge in [-0.2, -0.15) is 0 Å². The van der Waals surface area contributed by atoms with E-state index in [4.69, 9.17) is 0 Å². The molecule has 7 nitrogen and oxygen atoms in total. The van der Waals surface area contributed by atoms with Crippen molar-refractivity contribution in [3.8, 4) is 0 Å². The molecular formula is C15H23N3O4S. The summed E-state index contributed by atoms with van der Waals surface area (Å²) in [4.78, 5) is 14.7. The Morgan fingerprint density at radius 3 is 2.22 bits per heavy atom. The third kappa shape index (κ3) is 5.47. The Kier molecular flexibility index (Phi) is 5.59. The van der Waals surface area contributed by atoms with E-state index in [1.165, 1.54) is 18.4 Å². The first kappa shape index (κ1) is 17.7. The predicted molar refractivity (Wildman–Crippen MR) is 90.6 cm³/mol. The Balaban J connectivity index is 1.85. The maximum atomic E-state index is 11.3. The number of rotatable bonds is 6. The standard InChI is InChI=1S/C15H23N3O4S/c1-13(12-23(2,21)22)11-16-7-9-17(10-8-16)14-3-5-15(6-4-14)18(19)20/h3-6,13H,7-12H2,1-2H3/t13-/m0/s1. The number of nitro benzene ring substituents is 1. The average Bonchev–Trinajstić information content (AvgIpc) is 2.46. The summed E-state index contributed by atoms with van der Waals surface area (Å²) in [5.74, 6) is 0.339. The highest BCUT2D eigenvalue weighted by Crippen LogP contribution is 2.20. The van der Waals surface area contributed by atoms with E-state index in [9.17, 15) is 18.5 Å². The maximum Gasteiger partial charge on any atom is 0.269 e. The summed E-state index contributed by atoms with van der Waals surface area (Å²) < 4.78 is 22.6. The summed E-state index contributed by atoms with van der Waals surface area (Å²) in [6.07, 6.45) is 1.27. The summed E-state index contributed by atoms with van der Waals surface area (Å²) in [5, 5.41) is 10.7. The van der Waals surface area contributed by atoms with E-state index in [-0.39, 0.29) is 17.4 Å². The molecule has 2 rings (SSSR count). The second kappa shape index (κ2) is 7.27. The fraction of sp³-hybridized carbons (Fsp3) is 0.600. The molecule has 0 aromatic heterocycles. The van der Waals surface area contributed by atoms with Gasteiger partial charge >= 0.3 is 0 Å². The van der Waals surface area contributed by atoms with Crippen LogP contribution in [-0.4, -0.2) is 63.0 Å². The van der Waals surface area contributed by atoms with E-state index in [1.54, 1.807) is 12.1 Å². The number of nitro groups is 1. The molecule has 128 valence electrons. The fourth-order valence-electron chi connectivity index (χ4n) is 2.98. The van der Waals surface area contributed by atoms with E-state index < -0.39 is 14.8 Å². The summed E-state index contributed by atoms with van der Waals surface area (Å²) >= 11 is 0. The smallest absolute Gasteiger partial charge is 0.269 e. The Morgan fingerprint density at radius 1 is 1.17 bits per heavy atom. The lowest BCUT2D eigenvalue weighted by molar-refractivity contribution is -0.384. The number of anilines is 1. The molecule has 1 aromatic carbocycles. The summed E-state index contributed by atoms with van der Waals surface area (Å²) in [6, 6.07) is 6.60. The first-order chi connectivity index (χ1) is 10.7. The molecule has 1 saturated heterocycles. The molecule has 0 spiro atoms. The van der Waals surface area contributed by atoms with Crippen LogP contribution in [0.4, 0.5) is 11.4 Å². The van der Waals surface area contributed by atoms with Crippen molar-refractivity contribution in [3.05, 3.63) is 34.4 Å². The number of piperazine rings is 1. The maximum absolute atomic E-state index is 11.3. The van der Waals surface area contributed by atoms with Gasteiger partial charge in [0.1, 0.15) is 9.84 Å². The average molecular weight is 341 g/mol. The molecule has 1 fully saturated rings. The Hall–Kier alpha value is -1.67. The van der Waals surface area contributed by atoms with Crippen LogP contribution >= 0.6 is 0 Å². The molecule has 0 saturated carbocycles. The molecule has 8 heteroatoms. The van der Waals surface area contributed by atoms with Crippen molar-refractivity contribution in [2.24, 2.45) is 5.92 Å². The highest BCUT2D eigenvalue weighted by Gasteiger charge is 2.20. The van der Waals surface area contributed by atoms with Crippen molar-refractivity contribution in [1.29, 1.82) is 0 Å². The first-order valence-electron chi connectivity index (χ1n) is 7.64. The topological polar surface area (TPSA) is 83.8 Å². The van der Waals surface area contributed by atoms with Crippen LogP contribution in [0.3, 0.4) is 0 Å². The monoisotopic (exact) mass is 341 g/mol. The lowest BCUT2D eigenvalue weighted by Gasteiger charge is -2.37. The van der Waals surface area contributed by atoms with Crippen molar-refractivity contribution in [2.75, 3.05) is 49.6 Å². The van der Waals surface area contributed by atoms with Gasteiger partial charge in [-0.15, -0.1) is 0 Å². The molecule has 0 amide bonds. The van der Waals surface area contributed by atoms with Crippen LogP contribution in [-0.2, 0) is 9.84 Å². The van der Waals surface area contributed by atoms with Gasteiger partial charge in [0.15, 0.2) is 0 Å². The van der Waals surface area contributed by atoms with Crippen LogP contribution in [0.2, 0.25) is 0 Å². The van der Waals surface area contributed by atoms with Crippen molar-refractivity contribution in [1.82, 2.24) is 4.90 Å². The van der Waals surface area contributed by atoms with Gasteiger partial charge in [0.05, 0.1) is 10.7 Å². The van der Waals surface area contributed by atoms with Crippen LogP contribution in [0.15, 0.2) is 24.3 Å². The predicted octanol–water partition coefficient (Wildman–Crippen LogP) is 1.40. The van der Waals surface area contributed by atoms with Gasteiger partial charge in [0.25, 0.3) is 5.69 Å². The molecule has 0 bridgehead atoms. The van der Waals surface area contributed by atoms with E-state index >= 15 is 0 Å². The van der Waals surface area contributed by atoms with Crippen LogP contribution in [0.25, 0.3) is 0 Å². The molecule has 0 radical (unpaired) electrons. The molecule has 1 aliphatic rings. The van der Waals surface area contributed by atoms with Gasteiger partial charge in [-0.05, 0) is 18.1 Å². The second-order valence-electron chi connectivity index (χ2n) is 6.26. The van der Waals surface area contributed by atoms with E-state index in [1.807, 2.05) is 6.92 Å². The molecule has 0 N–H and O–H groups in total. The molecule has 1 aromatic rings. The van der Waals surface area contributed by atoms with Crippen LogP contribution < -0.4 is 4.90 Å². The number of benzene rings is 1. The van der Waals surface area contributed by atoms with Gasteiger partial charge < -0.3 is 4.90 Å². The highest BCUT2D eigenvalue weighted by atomic mass is 32.2. The van der Waals surface area contributed by atoms with E-state index in [2.05, 4.69) is 9.80 Å². The van der Waals surface area contributed by atoms with Crippen LogP contribution in [0.1, 0.15) is 6.92 Å².